The zero-order chi connectivity index (χ0) is 14.2. The second-order valence-electron chi connectivity index (χ2n) is 4.30. The van der Waals surface area contributed by atoms with Gasteiger partial charge < -0.3 is 10.1 Å². The smallest absolute Gasteiger partial charge is 0.174 e. The van der Waals surface area contributed by atoms with Gasteiger partial charge in [-0.15, -0.1) is 10.2 Å². The lowest BCUT2D eigenvalue weighted by atomic mass is 10.1. The molecule has 0 saturated carbocycles. The molecule has 1 aromatic heterocycles. The van der Waals surface area contributed by atoms with Crippen LogP contribution in [0.1, 0.15) is 24.9 Å². The van der Waals surface area contributed by atoms with E-state index in [0.29, 0.717) is 6.04 Å². The Kier molecular flexibility index (Phi) is 6.29. The maximum Gasteiger partial charge on any atom is 0.174 e. The van der Waals surface area contributed by atoms with Gasteiger partial charge in [0.25, 0.3) is 0 Å². The minimum atomic E-state index is 0.315. The third-order valence-corrected chi connectivity index (χ3v) is 4.83. The van der Waals surface area contributed by atoms with Crippen molar-refractivity contribution in [3.63, 3.8) is 0 Å². The van der Waals surface area contributed by atoms with Gasteiger partial charge in [0, 0.05) is 11.8 Å². The van der Waals surface area contributed by atoms with Crippen LogP contribution in [-0.4, -0.2) is 29.6 Å². The fraction of sp³-hybridized carbons (Fsp3) is 0.429. The first-order valence-electron chi connectivity index (χ1n) is 6.59. The van der Waals surface area contributed by atoms with E-state index in [2.05, 4.69) is 34.6 Å². The predicted octanol–water partition coefficient (Wildman–Crippen LogP) is 3.38. The summed E-state index contributed by atoms with van der Waals surface area (Å²) in [7, 11) is 1.69. The topological polar surface area (TPSA) is 47.0 Å². The first-order chi connectivity index (χ1) is 9.83. The van der Waals surface area contributed by atoms with Crippen molar-refractivity contribution in [1.82, 2.24) is 15.5 Å². The first-order valence-corrected chi connectivity index (χ1v) is 8.46. The van der Waals surface area contributed by atoms with Gasteiger partial charge in [0.1, 0.15) is 11.3 Å². The van der Waals surface area contributed by atoms with Crippen LogP contribution in [0.3, 0.4) is 0 Å². The number of hydrogen-bond donors (Lipinski definition) is 1. The number of hydrogen-bond acceptors (Lipinski definition) is 6. The molecule has 0 amide bonds. The summed E-state index contributed by atoms with van der Waals surface area (Å²) in [6.07, 6.45) is 1.12. The number of nitrogens with zero attached hydrogens (tertiary/aromatic N) is 2. The Bertz CT molecular complexity index is 488. The van der Waals surface area contributed by atoms with Crippen LogP contribution in [0, 0.1) is 0 Å². The molecule has 0 aliphatic heterocycles. The third-order valence-electron chi connectivity index (χ3n) is 2.87. The molecule has 0 fully saturated rings. The molecule has 108 valence electrons. The molecule has 6 heteroatoms. The summed E-state index contributed by atoms with van der Waals surface area (Å²) in [6, 6.07) is 8.56. The normalized spacial score (nSPS) is 12.3. The van der Waals surface area contributed by atoms with Crippen LogP contribution in [0.2, 0.25) is 0 Å². The van der Waals surface area contributed by atoms with E-state index in [9.17, 15) is 0 Å². The van der Waals surface area contributed by atoms with Crippen LogP contribution in [0.5, 0.6) is 5.75 Å². The molecule has 0 aliphatic rings. The highest BCUT2D eigenvalue weighted by atomic mass is 32.2. The van der Waals surface area contributed by atoms with Crippen LogP contribution in [-0.2, 0) is 0 Å². The molecular weight excluding hydrogens is 290 g/mol. The lowest BCUT2D eigenvalue weighted by Gasteiger charge is -2.18. The summed E-state index contributed by atoms with van der Waals surface area (Å²) >= 11 is 3.32. The SMILES string of the molecule is CCCNC(CSc1nncs1)c1ccc(OC)cc1. The Hall–Kier alpha value is -1.11. The Labute approximate surface area is 128 Å². The fourth-order valence-electron chi connectivity index (χ4n) is 1.81. The van der Waals surface area contributed by atoms with E-state index in [1.54, 1.807) is 35.7 Å². The van der Waals surface area contributed by atoms with Crippen molar-refractivity contribution in [1.29, 1.82) is 0 Å². The Balaban J connectivity index is 2.01. The number of methoxy groups -OCH3 is 1. The highest BCUT2D eigenvalue weighted by Gasteiger charge is 2.12. The molecule has 0 saturated heterocycles. The maximum absolute atomic E-state index is 5.21. The Morgan fingerprint density at radius 1 is 1.35 bits per heavy atom. The minimum absolute atomic E-state index is 0.315. The average molecular weight is 309 g/mol. The van der Waals surface area contributed by atoms with Crippen molar-refractivity contribution >= 4 is 23.1 Å². The van der Waals surface area contributed by atoms with Gasteiger partial charge in [-0.1, -0.05) is 42.2 Å². The quantitative estimate of drug-likeness (QED) is 0.758. The third kappa shape index (κ3) is 4.47. The highest BCUT2D eigenvalue weighted by Crippen LogP contribution is 2.26. The zero-order valence-corrected chi connectivity index (χ0v) is 13.3. The van der Waals surface area contributed by atoms with Gasteiger partial charge >= 0.3 is 0 Å². The van der Waals surface area contributed by atoms with Gasteiger partial charge in [0.05, 0.1) is 7.11 Å². The van der Waals surface area contributed by atoms with Crippen LogP contribution < -0.4 is 10.1 Å². The van der Waals surface area contributed by atoms with E-state index < -0.39 is 0 Å². The van der Waals surface area contributed by atoms with Gasteiger partial charge in [-0.05, 0) is 30.7 Å². The molecule has 0 aliphatic carbocycles. The van der Waals surface area contributed by atoms with E-state index in [1.165, 1.54) is 5.56 Å². The monoisotopic (exact) mass is 309 g/mol. The van der Waals surface area contributed by atoms with Crippen molar-refractivity contribution in [2.45, 2.75) is 23.7 Å². The number of nitrogens with one attached hydrogen (secondary N) is 1. The Morgan fingerprint density at radius 3 is 2.75 bits per heavy atom. The number of rotatable bonds is 8. The minimum Gasteiger partial charge on any atom is -0.497 e. The molecule has 0 bridgehead atoms. The zero-order valence-electron chi connectivity index (χ0n) is 11.7. The number of ether oxygens (including phenoxy) is 1. The van der Waals surface area contributed by atoms with E-state index in [-0.39, 0.29) is 0 Å². The van der Waals surface area contributed by atoms with E-state index >= 15 is 0 Å². The molecule has 1 N–H and O–H groups in total. The molecule has 2 aromatic rings. The van der Waals surface area contributed by atoms with Crippen LogP contribution >= 0.6 is 23.1 Å². The van der Waals surface area contributed by atoms with Gasteiger partial charge in [0.15, 0.2) is 4.34 Å². The van der Waals surface area contributed by atoms with Crippen LogP contribution in [0.25, 0.3) is 0 Å². The van der Waals surface area contributed by atoms with Gasteiger partial charge in [-0.3, -0.25) is 0 Å². The average Bonchev–Trinajstić information content (AvgIpc) is 3.01. The Morgan fingerprint density at radius 2 is 2.15 bits per heavy atom. The molecule has 20 heavy (non-hydrogen) atoms. The summed E-state index contributed by atoms with van der Waals surface area (Å²) in [4.78, 5) is 0. The molecule has 4 nitrogen and oxygen atoms in total. The van der Waals surface area contributed by atoms with E-state index in [0.717, 1.165) is 28.8 Å². The fourth-order valence-corrected chi connectivity index (χ4v) is 3.42. The largest absolute Gasteiger partial charge is 0.497 e. The number of benzene rings is 1. The molecule has 1 atom stereocenters. The summed E-state index contributed by atoms with van der Waals surface area (Å²) in [5.74, 6) is 1.83. The van der Waals surface area contributed by atoms with Gasteiger partial charge in [-0.25, -0.2) is 0 Å². The molecule has 0 radical (unpaired) electrons. The number of aromatic nitrogens is 2. The van der Waals surface area contributed by atoms with Gasteiger partial charge in [0.2, 0.25) is 0 Å². The van der Waals surface area contributed by atoms with Crippen molar-refractivity contribution < 1.29 is 4.74 Å². The molecule has 2 rings (SSSR count). The van der Waals surface area contributed by atoms with Crippen molar-refractivity contribution in [2.75, 3.05) is 19.4 Å². The van der Waals surface area contributed by atoms with Crippen molar-refractivity contribution in [3.8, 4) is 5.75 Å². The lowest BCUT2D eigenvalue weighted by Crippen LogP contribution is -2.24. The van der Waals surface area contributed by atoms with Crippen LogP contribution in [0.15, 0.2) is 34.1 Å². The summed E-state index contributed by atoms with van der Waals surface area (Å²) in [6.45, 7) is 3.18. The standard InChI is InChI=1S/C14H19N3OS2/c1-3-8-15-13(9-19-14-17-16-10-20-14)11-4-6-12(18-2)7-5-11/h4-7,10,13,15H,3,8-9H2,1-2H3. The van der Waals surface area contributed by atoms with Crippen LogP contribution in [0.4, 0.5) is 0 Å². The van der Waals surface area contributed by atoms with Crippen molar-refractivity contribution in [3.05, 3.63) is 35.3 Å². The summed E-state index contributed by atoms with van der Waals surface area (Å²) in [5, 5.41) is 11.5. The highest BCUT2D eigenvalue weighted by molar-refractivity contribution is 8.01. The summed E-state index contributed by atoms with van der Waals surface area (Å²) < 4.78 is 6.22. The molecule has 1 aromatic carbocycles. The second kappa shape index (κ2) is 8.24. The molecule has 0 spiro atoms. The van der Waals surface area contributed by atoms with E-state index in [1.807, 2.05) is 12.1 Å². The summed E-state index contributed by atoms with van der Waals surface area (Å²) in [5.41, 5.74) is 3.04. The predicted molar refractivity (Wildman–Crippen MR) is 84.7 cm³/mol. The van der Waals surface area contributed by atoms with Gasteiger partial charge in [-0.2, -0.15) is 0 Å². The van der Waals surface area contributed by atoms with E-state index in [4.69, 9.17) is 4.74 Å². The first kappa shape index (κ1) is 15.3. The second-order valence-corrected chi connectivity index (χ2v) is 6.40. The maximum atomic E-state index is 5.21. The molecule has 1 heterocycles. The number of thioether (sulfide) groups is 1. The van der Waals surface area contributed by atoms with Crippen molar-refractivity contribution in [2.24, 2.45) is 0 Å². The molecule has 1 unspecified atom stereocenters. The lowest BCUT2D eigenvalue weighted by molar-refractivity contribution is 0.414. The molecular formula is C14H19N3OS2.